The fourth-order valence-corrected chi connectivity index (χ4v) is 1.89. The molecule has 0 radical (unpaired) electrons. The summed E-state index contributed by atoms with van der Waals surface area (Å²) in [4.78, 5) is 33.6. The van der Waals surface area contributed by atoms with Gasteiger partial charge in [-0.15, -0.1) is 0 Å². The first kappa shape index (κ1) is 16.2. The lowest BCUT2D eigenvalue weighted by Crippen LogP contribution is -2.20. The second-order valence-corrected chi connectivity index (χ2v) is 4.75. The number of carbonyl (C=O) groups is 3. The smallest absolute Gasteiger partial charge is 0.262 e. The fourth-order valence-electron chi connectivity index (χ4n) is 1.89. The van der Waals surface area contributed by atoms with Gasteiger partial charge in [0.15, 0.2) is 12.9 Å². The Bertz CT molecular complexity index is 711. The van der Waals surface area contributed by atoms with Crippen molar-refractivity contribution in [3.8, 4) is 5.75 Å². The van der Waals surface area contributed by atoms with Gasteiger partial charge in [-0.25, -0.2) is 0 Å². The van der Waals surface area contributed by atoms with Crippen molar-refractivity contribution in [2.24, 2.45) is 0 Å². The Morgan fingerprint density at radius 3 is 2.22 bits per heavy atom. The number of rotatable bonds is 6. The van der Waals surface area contributed by atoms with Crippen LogP contribution in [0.5, 0.6) is 5.75 Å². The predicted molar refractivity (Wildman–Crippen MR) is 86.7 cm³/mol. The maximum absolute atomic E-state index is 11.9. The summed E-state index contributed by atoms with van der Waals surface area (Å²) in [5.74, 6) is -0.152. The van der Waals surface area contributed by atoms with Crippen LogP contribution in [0.2, 0.25) is 0 Å². The van der Waals surface area contributed by atoms with Crippen molar-refractivity contribution in [3.05, 3.63) is 54.1 Å². The maximum Gasteiger partial charge on any atom is 0.262 e. The summed E-state index contributed by atoms with van der Waals surface area (Å²) in [5, 5.41) is 5.30. The van der Waals surface area contributed by atoms with Crippen LogP contribution in [0.4, 0.5) is 11.4 Å². The summed E-state index contributed by atoms with van der Waals surface area (Å²) >= 11 is 0. The molecular formula is C17H16N2O4. The highest BCUT2D eigenvalue weighted by molar-refractivity contribution is 5.93. The second-order valence-electron chi connectivity index (χ2n) is 4.75. The summed E-state index contributed by atoms with van der Waals surface area (Å²) < 4.78 is 5.34. The van der Waals surface area contributed by atoms with E-state index >= 15 is 0 Å². The zero-order valence-electron chi connectivity index (χ0n) is 12.5. The van der Waals surface area contributed by atoms with Crippen LogP contribution in [0.1, 0.15) is 17.3 Å². The van der Waals surface area contributed by atoms with Crippen molar-refractivity contribution in [1.82, 2.24) is 0 Å². The van der Waals surface area contributed by atoms with Crippen molar-refractivity contribution >= 4 is 29.5 Å². The van der Waals surface area contributed by atoms with Crippen LogP contribution < -0.4 is 15.4 Å². The quantitative estimate of drug-likeness (QED) is 0.803. The molecular weight excluding hydrogens is 296 g/mol. The molecule has 0 unspecified atom stereocenters. The number of nitrogens with one attached hydrogen (secondary N) is 2. The van der Waals surface area contributed by atoms with E-state index in [1.807, 2.05) is 0 Å². The molecule has 0 saturated heterocycles. The van der Waals surface area contributed by atoms with E-state index in [1.165, 1.54) is 6.92 Å². The third-order valence-corrected chi connectivity index (χ3v) is 2.89. The van der Waals surface area contributed by atoms with E-state index in [1.54, 1.807) is 48.5 Å². The van der Waals surface area contributed by atoms with Crippen molar-refractivity contribution < 1.29 is 19.1 Å². The van der Waals surface area contributed by atoms with Crippen LogP contribution in [-0.2, 0) is 9.59 Å². The van der Waals surface area contributed by atoms with E-state index in [9.17, 15) is 14.4 Å². The molecule has 2 aromatic rings. The number of carbonyl (C=O) groups excluding carboxylic acids is 3. The number of hydrogen-bond donors (Lipinski definition) is 2. The van der Waals surface area contributed by atoms with E-state index in [4.69, 9.17) is 4.74 Å². The van der Waals surface area contributed by atoms with E-state index in [0.717, 1.165) is 0 Å². The van der Waals surface area contributed by atoms with Crippen molar-refractivity contribution in [2.45, 2.75) is 6.92 Å². The molecule has 0 saturated carbocycles. The third-order valence-electron chi connectivity index (χ3n) is 2.89. The molecule has 23 heavy (non-hydrogen) atoms. The van der Waals surface area contributed by atoms with Gasteiger partial charge in [-0.05, 0) is 36.4 Å². The molecule has 0 aromatic heterocycles. The Morgan fingerprint density at radius 1 is 1.00 bits per heavy atom. The van der Waals surface area contributed by atoms with Gasteiger partial charge in [0.1, 0.15) is 5.75 Å². The number of ether oxygens (including phenoxy) is 1. The van der Waals surface area contributed by atoms with Gasteiger partial charge in [-0.2, -0.15) is 0 Å². The molecule has 2 aromatic carbocycles. The third kappa shape index (κ3) is 4.96. The van der Waals surface area contributed by atoms with Gasteiger partial charge < -0.3 is 15.4 Å². The van der Waals surface area contributed by atoms with Gasteiger partial charge in [-0.3, -0.25) is 14.4 Å². The first-order valence-electron chi connectivity index (χ1n) is 6.93. The summed E-state index contributed by atoms with van der Waals surface area (Å²) in [7, 11) is 0. The zero-order chi connectivity index (χ0) is 16.7. The Balaban J connectivity index is 1.89. The molecule has 2 amide bonds. The van der Waals surface area contributed by atoms with Crippen LogP contribution in [0, 0.1) is 0 Å². The molecule has 2 N–H and O–H groups in total. The highest BCUT2D eigenvalue weighted by Gasteiger charge is 2.06. The minimum atomic E-state index is -0.349. The summed E-state index contributed by atoms with van der Waals surface area (Å²) in [5.41, 5.74) is 1.61. The highest BCUT2D eigenvalue weighted by atomic mass is 16.5. The molecule has 0 aliphatic heterocycles. The molecule has 0 fully saturated rings. The van der Waals surface area contributed by atoms with Gasteiger partial charge in [0.2, 0.25) is 5.91 Å². The summed E-state index contributed by atoms with van der Waals surface area (Å²) in [6.07, 6.45) is 0.675. The molecule has 6 heteroatoms. The Labute approximate surface area is 133 Å². The fraction of sp³-hybridized carbons (Fsp3) is 0.118. The first-order chi connectivity index (χ1) is 11.1. The highest BCUT2D eigenvalue weighted by Crippen LogP contribution is 2.16. The number of anilines is 2. The van der Waals surface area contributed by atoms with Crippen molar-refractivity contribution in [2.75, 3.05) is 17.2 Å². The minimum absolute atomic E-state index is 0.163. The van der Waals surface area contributed by atoms with Crippen LogP contribution in [0.3, 0.4) is 0 Å². The standard InChI is InChI=1S/C17H16N2O4/c1-12(21)18-14-6-8-15(9-7-14)19-17(22)11-23-16-5-3-2-4-13(16)10-20/h2-10H,11H2,1H3,(H,18,21)(H,19,22). The van der Waals surface area contributed by atoms with Crippen LogP contribution in [0.25, 0.3) is 0 Å². The van der Waals surface area contributed by atoms with E-state index in [2.05, 4.69) is 10.6 Å². The minimum Gasteiger partial charge on any atom is -0.483 e. The molecule has 2 rings (SSSR count). The largest absolute Gasteiger partial charge is 0.483 e. The molecule has 118 valence electrons. The van der Waals surface area contributed by atoms with E-state index < -0.39 is 0 Å². The molecule has 0 spiro atoms. The number of amides is 2. The van der Waals surface area contributed by atoms with E-state index in [0.29, 0.717) is 29.0 Å². The second kappa shape index (κ2) is 7.74. The van der Waals surface area contributed by atoms with Gasteiger partial charge in [0.25, 0.3) is 5.91 Å². The molecule has 0 heterocycles. The van der Waals surface area contributed by atoms with Gasteiger partial charge in [-0.1, -0.05) is 12.1 Å². The van der Waals surface area contributed by atoms with Crippen LogP contribution in [-0.4, -0.2) is 24.7 Å². The maximum atomic E-state index is 11.9. The van der Waals surface area contributed by atoms with Gasteiger partial charge >= 0.3 is 0 Å². The van der Waals surface area contributed by atoms with Crippen LogP contribution >= 0.6 is 0 Å². The molecule has 0 bridgehead atoms. The Kier molecular flexibility index (Phi) is 5.46. The number of hydrogen-bond acceptors (Lipinski definition) is 4. The Hall–Kier alpha value is -3.15. The first-order valence-corrected chi connectivity index (χ1v) is 6.93. The Morgan fingerprint density at radius 2 is 1.61 bits per heavy atom. The van der Waals surface area contributed by atoms with Gasteiger partial charge in [0, 0.05) is 18.3 Å². The molecule has 0 aliphatic carbocycles. The lowest BCUT2D eigenvalue weighted by molar-refractivity contribution is -0.118. The lowest BCUT2D eigenvalue weighted by Gasteiger charge is -2.09. The average molecular weight is 312 g/mol. The average Bonchev–Trinajstić information content (AvgIpc) is 2.54. The summed E-state index contributed by atoms with van der Waals surface area (Å²) in [6.45, 7) is 1.21. The topological polar surface area (TPSA) is 84.5 Å². The normalized spacial score (nSPS) is 9.78. The molecule has 6 nitrogen and oxygen atoms in total. The number of benzene rings is 2. The SMILES string of the molecule is CC(=O)Nc1ccc(NC(=O)COc2ccccc2C=O)cc1. The number of aldehydes is 1. The van der Waals surface area contributed by atoms with E-state index in [-0.39, 0.29) is 18.4 Å². The monoisotopic (exact) mass is 312 g/mol. The summed E-state index contributed by atoms with van der Waals surface area (Å²) in [6, 6.07) is 13.4. The predicted octanol–water partition coefficient (Wildman–Crippen LogP) is 2.48. The number of para-hydroxylation sites is 1. The molecule has 0 atom stereocenters. The van der Waals surface area contributed by atoms with Crippen molar-refractivity contribution in [3.63, 3.8) is 0 Å². The zero-order valence-corrected chi connectivity index (χ0v) is 12.5. The van der Waals surface area contributed by atoms with Crippen LogP contribution in [0.15, 0.2) is 48.5 Å². The lowest BCUT2D eigenvalue weighted by atomic mass is 10.2. The van der Waals surface area contributed by atoms with Crippen molar-refractivity contribution in [1.29, 1.82) is 0 Å². The molecule has 0 aliphatic rings. The van der Waals surface area contributed by atoms with Gasteiger partial charge in [0.05, 0.1) is 5.56 Å².